The normalized spacial score (nSPS) is 16.2. The van der Waals surface area contributed by atoms with E-state index in [0.29, 0.717) is 22.8 Å². The summed E-state index contributed by atoms with van der Waals surface area (Å²) in [6, 6.07) is 6.76. The number of carbonyl (C=O) groups is 2. The number of aromatic nitrogens is 1. The highest BCUT2D eigenvalue weighted by atomic mass is 35.5. The van der Waals surface area contributed by atoms with Crippen LogP contribution in [-0.4, -0.2) is 36.1 Å². The van der Waals surface area contributed by atoms with Crippen LogP contribution in [0.25, 0.3) is 0 Å². The minimum absolute atomic E-state index is 0.0482. The summed E-state index contributed by atoms with van der Waals surface area (Å²) in [5, 5.41) is 6.09. The summed E-state index contributed by atoms with van der Waals surface area (Å²) < 4.78 is 5.49. The molecular weight excluding hydrogens is 366 g/mol. The number of nitrogens with one attached hydrogen (secondary N) is 2. The van der Waals surface area contributed by atoms with Crippen molar-refractivity contribution in [2.24, 2.45) is 0 Å². The second-order valence-corrected chi connectivity index (χ2v) is 7.07. The Labute approximate surface area is 163 Å². The van der Waals surface area contributed by atoms with Gasteiger partial charge in [0, 0.05) is 24.9 Å². The summed E-state index contributed by atoms with van der Waals surface area (Å²) in [6.45, 7) is 4.99. The van der Waals surface area contributed by atoms with Gasteiger partial charge in [-0.25, -0.2) is 0 Å². The largest absolute Gasteiger partial charge is 0.376 e. The Morgan fingerprint density at radius 3 is 2.78 bits per heavy atom. The second-order valence-electron chi connectivity index (χ2n) is 6.67. The predicted octanol–water partition coefficient (Wildman–Crippen LogP) is 3.51. The molecule has 6 nitrogen and oxygen atoms in total. The average Bonchev–Trinajstić information content (AvgIpc) is 3.16. The fourth-order valence-corrected chi connectivity index (χ4v) is 3.43. The number of aryl methyl sites for hydroxylation is 2. The van der Waals surface area contributed by atoms with Gasteiger partial charge in [-0.15, -0.1) is 0 Å². The first-order valence-electron chi connectivity index (χ1n) is 8.88. The lowest BCUT2D eigenvalue weighted by atomic mass is 10.1. The van der Waals surface area contributed by atoms with Gasteiger partial charge in [0.15, 0.2) is 0 Å². The maximum atomic E-state index is 12.6. The van der Waals surface area contributed by atoms with Crippen LogP contribution in [0.4, 0.5) is 5.69 Å². The number of pyridine rings is 1. The highest BCUT2D eigenvalue weighted by molar-refractivity contribution is 6.34. The van der Waals surface area contributed by atoms with Crippen LogP contribution < -0.4 is 10.6 Å². The molecular formula is C20H22ClN3O3. The number of amides is 2. The highest BCUT2D eigenvalue weighted by Gasteiger charge is 2.18. The van der Waals surface area contributed by atoms with Gasteiger partial charge in [0.05, 0.1) is 16.8 Å². The molecule has 1 aliphatic heterocycles. The summed E-state index contributed by atoms with van der Waals surface area (Å²) in [4.78, 5) is 29.0. The van der Waals surface area contributed by atoms with Crippen molar-refractivity contribution in [2.45, 2.75) is 32.8 Å². The number of ether oxygens (including phenoxy) is 1. The Morgan fingerprint density at radius 1 is 1.26 bits per heavy atom. The summed E-state index contributed by atoms with van der Waals surface area (Å²) in [6.07, 6.45) is 3.44. The molecule has 0 saturated carbocycles. The van der Waals surface area contributed by atoms with E-state index in [-0.39, 0.29) is 23.6 Å². The highest BCUT2D eigenvalue weighted by Crippen LogP contribution is 2.27. The van der Waals surface area contributed by atoms with Crippen molar-refractivity contribution in [3.8, 4) is 0 Å². The van der Waals surface area contributed by atoms with Crippen molar-refractivity contribution in [1.82, 2.24) is 10.3 Å². The van der Waals surface area contributed by atoms with E-state index in [1.54, 1.807) is 12.1 Å². The first-order chi connectivity index (χ1) is 12.9. The molecule has 1 atom stereocenters. The summed E-state index contributed by atoms with van der Waals surface area (Å²) in [5.41, 5.74) is 2.98. The third-order valence-corrected chi connectivity index (χ3v) is 4.74. The van der Waals surface area contributed by atoms with Crippen LogP contribution in [0.1, 0.15) is 44.8 Å². The van der Waals surface area contributed by atoms with Gasteiger partial charge in [-0.05, 0) is 56.0 Å². The lowest BCUT2D eigenvalue weighted by Crippen LogP contribution is -2.32. The monoisotopic (exact) mass is 387 g/mol. The van der Waals surface area contributed by atoms with Crippen LogP contribution in [0.15, 0.2) is 30.5 Å². The quantitative estimate of drug-likeness (QED) is 0.822. The number of rotatable bonds is 5. The summed E-state index contributed by atoms with van der Waals surface area (Å²) in [7, 11) is 0. The lowest BCUT2D eigenvalue weighted by Gasteiger charge is -2.12. The average molecular weight is 388 g/mol. The van der Waals surface area contributed by atoms with E-state index < -0.39 is 0 Å². The molecule has 1 aliphatic rings. The van der Waals surface area contributed by atoms with E-state index in [2.05, 4.69) is 15.6 Å². The van der Waals surface area contributed by atoms with Crippen LogP contribution in [-0.2, 0) is 4.74 Å². The number of hydrogen-bond acceptors (Lipinski definition) is 4. The van der Waals surface area contributed by atoms with Gasteiger partial charge in [-0.2, -0.15) is 0 Å². The fourth-order valence-electron chi connectivity index (χ4n) is 3.06. The van der Waals surface area contributed by atoms with Crippen LogP contribution in [0.2, 0.25) is 5.02 Å². The van der Waals surface area contributed by atoms with Crippen LogP contribution in [0.3, 0.4) is 0 Å². The molecule has 27 heavy (non-hydrogen) atoms. The molecule has 1 unspecified atom stereocenters. The van der Waals surface area contributed by atoms with Crippen molar-refractivity contribution in [3.05, 3.63) is 57.9 Å². The minimum atomic E-state index is -0.348. The maximum absolute atomic E-state index is 12.6. The number of halogens is 1. The van der Waals surface area contributed by atoms with Crippen LogP contribution in [0, 0.1) is 13.8 Å². The molecule has 3 rings (SSSR count). The third kappa shape index (κ3) is 4.84. The van der Waals surface area contributed by atoms with Crippen molar-refractivity contribution in [3.63, 3.8) is 0 Å². The fraction of sp³-hybridized carbons (Fsp3) is 0.350. The number of benzene rings is 1. The Morgan fingerprint density at radius 2 is 2.07 bits per heavy atom. The Hall–Kier alpha value is -2.44. The smallest absolute Gasteiger partial charge is 0.269 e. The minimum Gasteiger partial charge on any atom is -0.376 e. The molecule has 2 N–H and O–H groups in total. The van der Waals surface area contributed by atoms with Gasteiger partial charge in [0.2, 0.25) is 0 Å². The Bertz CT molecular complexity index is 840. The van der Waals surface area contributed by atoms with E-state index >= 15 is 0 Å². The van der Waals surface area contributed by atoms with E-state index in [1.165, 1.54) is 12.3 Å². The van der Waals surface area contributed by atoms with E-state index in [1.807, 2.05) is 19.9 Å². The van der Waals surface area contributed by atoms with Gasteiger partial charge in [-0.1, -0.05) is 17.7 Å². The van der Waals surface area contributed by atoms with Crippen molar-refractivity contribution >= 4 is 29.1 Å². The first-order valence-corrected chi connectivity index (χ1v) is 9.26. The molecule has 2 amide bonds. The zero-order valence-electron chi connectivity index (χ0n) is 15.3. The lowest BCUT2D eigenvalue weighted by molar-refractivity contribution is 0.0853. The van der Waals surface area contributed by atoms with Crippen molar-refractivity contribution in [2.75, 3.05) is 18.5 Å². The molecule has 0 bridgehead atoms. The molecule has 0 spiro atoms. The number of nitrogens with zero attached hydrogens (tertiary/aromatic N) is 1. The van der Waals surface area contributed by atoms with Gasteiger partial charge >= 0.3 is 0 Å². The van der Waals surface area contributed by atoms with E-state index in [4.69, 9.17) is 16.3 Å². The second kappa shape index (κ2) is 8.50. The van der Waals surface area contributed by atoms with Gasteiger partial charge in [0.25, 0.3) is 11.8 Å². The molecule has 142 valence electrons. The molecule has 7 heteroatoms. The number of anilines is 1. The topological polar surface area (TPSA) is 80.3 Å². The number of hydrogen-bond donors (Lipinski definition) is 2. The third-order valence-electron chi connectivity index (χ3n) is 4.44. The molecule has 1 aromatic carbocycles. The van der Waals surface area contributed by atoms with Crippen molar-refractivity contribution < 1.29 is 14.3 Å². The predicted molar refractivity (Wildman–Crippen MR) is 104 cm³/mol. The molecule has 1 saturated heterocycles. The Kier molecular flexibility index (Phi) is 6.08. The first kappa shape index (κ1) is 19.3. The van der Waals surface area contributed by atoms with Crippen LogP contribution >= 0.6 is 11.6 Å². The molecule has 2 aromatic rings. The standard InChI is InChI=1S/C20H22ClN3O3/c1-12-8-13(2)18(16(21)9-12)24-19(25)14-5-6-22-17(10-14)20(26)23-11-15-4-3-7-27-15/h5-6,8-10,15H,3-4,7,11H2,1-2H3,(H,23,26)(H,24,25). The van der Waals surface area contributed by atoms with Gasteiger partial charge in [0.1, 0.15) is 5.69 Å². The van der Waals surface area contributed by atoms with E-state index in [0.717, 1.165) is 30.6 Å². The molecule has 0 radical (unpaired) electrons. The molecule has 1 aromatic heterocycles. The van der Waals surface area contributed by atoms with E-state index in [9.17, 15) is 9.59 Å². The Balaban J connectivity index is 1.69. The SMILES string of the molecule is Cc1cc(C)c(NC(=O)c2ccnc(C(=O)NCC3CCCO3)c2)c(Cl)c1. The van der Waals surface area contributed by atoms with Gasteiger partial charge < -0.3 is 15.4 Å². The zero-order chi connectivity index (χ0) is 19.4. The molecule has 0 aliphatic carbocycles. The summed E-state index contributed by atoms with van der Waals surface area (Å²) in [5.74, 6) is -0.677. The number of carbonyl (C=O) groups excluding carboxylic acids is 2. The van der Waals surface area contributed by atoms with Crippen molar-refractivity contribution in [1.29, 1.82) is 0 Å². The summed E-state index contributed by atoms with van der Waals surface area (Å²) >= 11 is 6.25. The molecule has 1 fully saturated rings. The molecule has 2 heterocycles. The van der Waals surface area contributed by atoms with Gasteiger partial charge in [-0.3, -0.25) is 14.6 Å². The van der Waals surface area contributed by atoms with Crippen LogP contribution in [0.5, 0.6) is 0 Å². The zero-order valence-corrected chi connectivity index (χ0v) is 16.1. The maximum Gasteiger partial charge on any atom is 0.269 e.